The summed E-state index contributed by atoms with van der Waals surface area (Å²) in [5.41, 5.74) is 1.11. The Morgan fingerprint density at radius 1 is 1.21 bits per heavy atom. The lowest BCUT2D eigenvalue weighted by atomic mass is 10.1. The van der Waals surface area contributed by atoms with Gasteiger partial charge >= 0.3 is 5.63 Å². The molecule has 2 rings (SSSR count). The standard InChI is InChI=1S/C15H18O4/c1-10(2)17-6-7-18-12-4-5-13-11(3)8-15(16)19-14(13)9-12/h4-5,8-10H,6-7H2,1-3H3. The summed E-state index contributed by atoms with van der Waals surface area (Å²) < 4.78 is 16.1. The van der Waals surface area contributed by atoms with Crippen LogP contribution in [0.1, 0.15) is 19.4 Å². The lowest BCUT2D eigenvalue weighted by Crippen LogP contribution is -2.11. The Hall–Kier alpha value is -1.81. The number of hydrogen-bond donors (Lipinski definition) is 0. The molecule has 4 heteroatoms. The molecule has 102 valence electrons. The average Bonchev–Trinajstić information content (AvgIpc) is 2.33. The second-order valence-corrected chi connectivity index (χ2v) is 4.67. The predicted molar refractivity (Wildman–Crippen MR) is 73.8 cm³/mol. The van der Waals surface area contributed by atoms with Crippen LogP contribution in [-0.2, 0) is 4.74 Å². The van der Waals surface area contributed by atoms with Gasteiger partial charge in [0.25, 0.3) is 0 Å². The van der Waals surface area contributed by atoms with E-state index in [1.165, 1.54) is 6.07 Å². The van der Waals surface area contributed by atoms with Crippen LogP contribution in [0, 0.1) is 6.92 Å². The molecular weight excluding hydrogens is 244 g/mol. The molecule has 4 nitrogen and oxygen atoms in total. The lowest BCUT2D eigenvalue weighted by molar-refractivity contribution is 0.0553. The van der Waals surface area contributed by atoms with Crippen molar-refractivity contribution in [2.45, 2.75) is 26.9 Å². The zero-order valence-corrected chi connectivity index (χ0v) is 11.4. The monoisotopic (exact) mass is 262 g/mol. The SMILES string of the molecule is Cc1cc(=O)oc2cc(OCCOC(C)C)ccc12. The van der Waals surface area contributed by atoms with Crippen molar-refractivity contribution in [2.75, 3.05) is 13.2 Å². The molecular formula is C15H18O4. The van der Waals surface area contributed by atoms with Gasteiger partial charge in [-0.1, -0.05) is 0 Å². The zero-order chi connectivity index (χ0) is 13.8. The normalized spacial score (nSPS) is 11.2. The van der Waals surface area contributed by atoms with Gasteiger partial charge in [-0.15, -0.1) is 0 Å². The van der Waals surface area contributed by atoms with Gasteiger partial charge in [0.05, 0.1) is 12.7 Å². The molecule has 0 aliphatic rings. The van der Waals surface area contributed by atoms with Crippen molar-refractivity contribution in [1.82, 2.24) is 0 Å². The molecule has 0 fully saturated rings. The molecule has 19 heavy (non-hydrogen) atoms. The first-order chi connectivity index (χ1) is 9.06. The van der Waals surface area contributed by atoms with E-state index in [-0.39, 0.29) is 11.7 Å². The smallest absolute Gasteiger partial charge is 0.336 e. The van der Waals surface area contributed by atoms with Gasteiger partial charge < -0.3 is 13.9 Å². The quantitative estimate of drug-likeness (QED) is 0.614. The van der Waals surface area contributed by atoms with Crippen LogP contribution in [-0.4, -0.2) is 19.3 Å². The van der Waals surface area contributed by atoms with Crippen molar-refractivity contribution in [1.29, 1.82) is 0 Å². The summed E-state index contributed by atoms with van der Waals surface area (Å²) in [5, 5.41) is 0.922. The summed E-state index contributed by atoms with van der Waals surface area (Å²) in [6.07, 6.45) is 0.195. The largest absolute Gasteiger partial charge is 0.491 e. The Labute approximate surface area is 111 Å². The van der Waals surface area contributed by atoms with E-state index in [9.17, 15) is 4.79 Å². The summed E-state index contributed by atoms with van der Waals surface area (Å²) in [4.78, 5) is 11.3. The van der Waals surface area contributed by atoms with Gasteiger partial charge in [-0.05, 0) is 38.5 Å². The zero-order valence-electron chi connectivity index (χ0n) is 11.4. The Balaban J connectivity index is 2.11. The third-order valence-corrected chi connectivity index (χ3v) is 2.73. The first kappa shape index (κ1) is 13.6. The Bertz CT molecular complexity index is 613. The number of aryl methyl sites for hydroxylation is 1. The van der Waals surface area contributed by atoms with Crippen LogP contribution in [0.3, 0.4) is 0 Å². The predicted octanol–water partition coefficient (Wildman–Crippen LogP) is 2.91. The van der Waals surface area contributed by atoms with Crippen molar-refractivity contribution >= 4 is 11.0 Å². The van der Waals surface area contributed by atoms with Gasteiger partial charge in [-0.25, -0.2) is 4.79 Å². The summed E-state index contributed by atoms with van der Waals surface area (Å²) in [7, 11) is 0. The molecule has 0 atom stereocenters. The van der Waals surface area contributed by atoms with E-state index in [2.05, 4.69) is 0 Å². The Kier molecular flexibility index (Phi) is 4.22. The van der Waals surface area contributed by atoms with Crippen LogP contribution in [0.4, 0.5) is 0 Å². The summed E-state index contributed by atoms with van der Waals surface area (Å²) in [6, 6.07) is 6.98. The second kappa shape index (κ2) is 5.89. The lowest BCUT2D eigenvalue weighted by Gasteiger charge is -2.09. The maximum Gasteiger partial charge on any atom is 0.336 e. The van der Waals surface area contributed by atoms with Crippen molar-refractivity contribution in [3.8, 4) is 5.75 Å². The Morgan fingerprint density at radius 3 is 2.74 bits per heavy atom. The van der Waals surface area contributed by atoms with Crippen LogP contribution in [0.25, 0.3) is 11.0 Å². The minimum Gasteiger partial charge on any atom is -0.491 e. The maximum absolute atomic E-state index is 11.3. The van der Waals surface area contributed by atoms with Gasteiger partial charge in [-0.3, -0.25) is 0 Å². The van der Waals surface area contributed by atoms with Gasteiger partial charge in [0.1, 0.15) is 17.9 Å². The molecule has 0 saturated carbocycles. The number of ether oxygens (including phenoxy) is 2. The molecule has 0 amide bonds. The van der Waals surface area contributed by atoms with E-state index < -0.39 is 0 Å². The number of rotatable bonds is 5. The van der Waals surface area contributed by atoms with Crippen LogP contribution in [0.15, 0.2) is 33.5 Å². The molecule has 0 bridgehead atoms. The third kappa shape index (κ3) is 3.58. The molecule has 2 aromatic rings. The molecule has 0 aliphatic heterocycles. The molecule has 0 aliphatic carbocycles. The van der Waals surface area contributed by atoms with Gasteiger partial charge in [0.15, 0.2) is 0 Å². The highest BCUT2D eigenvalue weighted by Crippen LogP contribution is 2.22. The highest BCUT2D eigenvalue weighted by molar-refractivity contribution is 5.81. The molecule has 0 saturated heterocycles. The first-order valence-corrected chi connectivity index (χ1v) is 6.35. The van der Waals surface area contributed by atoms with Gasteiger partial charge in [0.2, 0.25) is 0 Å². The number of fused-ring (bicyclic) bond motifs is 1. The van der Waals surface area contributed by atoms with E-state index in [0.717, 1.165) is 10.9 Å². The number of benzene rings is 1. The molecule has 0 N–H and O–H groups in total. The van der Waals surface area contributed by atoms with Crippen LogP contribution < -0.4 is 10.4 Å². The van der Waals surface area contributed by atoms with Crippen molar-refractivity contribution < 1.29 is 13.9 Å². The summed E-state index contributed by atoms with van der Waals surface area (Å²) in [5.74, 6) is 0.675. The van der Waals surface area contributed by atoms with E-state index in [4.69, 9.17) is 13.9 Å². The van der Waals surface area contributed by atoms with Crippen molar-refractivity contribution in [2.24, 2.45) is 0 Å². The fourth-order valence-corrected chi connectivity index (χ4v) is 1.84. The highest BCUT2D eigenvalue weighted by atomic mass is 16.5. The van der Waals surface area contributed by atoms with E-state index in [0.29, 0.717) is 24.5 Å². The third-order valence-electron chi connectivity index (χ3n) is 2.73. The van der Waals surface area contributed by atoms with E-state index in [1.807, 2.05) is 32.9 Å². The highest BCUT2D eigenvalue weighted by Gasteiger charge is 2.04. The first-order valence-electron chi connectivity index (χ1n) is 6.35. The van der Waals surface area contributed by atoms with Crippen molar-refractivity contribution in [3.05, 3.63) is 40.2 Å². The van der Waals surface area contributed by atoms with Gasteiger partial charge in [-0.2, -0.15) is 0 Å². The minimum absolute atomic E-state index is 0.195. The summed E-state index contributed by atoms with van der Waals surface area (Å²) in [6.45, 7) is 6.85. The fraction of sp³-hybridized carbons (Fsp3) is 0.400. The minimum atomic E-state index is -0.342. The molecule has 0 radical (unpaired) electrons. The van der Waals surface area contributed by atoms with Crippen molar-refractivity contribution in [3.63, 3.8) is 0 Å². The maximum atomic E-state index is 11.3. The van der Waals surface area contributed by atoms with E-state index in [1.54, 1.807) is 6.07 Å². The fourth-order valence-electron chi connectivity index (χ4n) is 1.84. The second-order valence-electron chi connectivity index (χ2n) is 4.67. The van der Waals surface area contributed by atoms with Gasteiger partial charge in [0, 0.05) is 17.5 Å². The Morgan fingerprint density at radius 2 is 2.00 bits per heavy atom. The summed E-state index contributed by atoms with van der Waals surface area (Å²) >= 11 is 0. The molecule has 0 unspecified atom stereocenters. The van der Waals surface area contributed by atoms with Crippen LogP contribution in [0.2, 0.25) is 0 Å². The molecule has 1 aromatic heterocycles. The molecule has 1 aromatic carbocycles. The molecule has 1 heterocycles. The number of hydrogen-bond acceptors (Lipinski definition) is 4. The molecule has 0 spiro atoms. The topological polar surface area (TPSA) is 48.7 Å². The average molecular weight is 262 g/mol. The van der Waals surface area contributed by atoms with Crippen LogP contribution >= 0.6 is 0 Å². The van der Waals surface area contributed by atoms with E-state index >= 15 is 0 Å². The van der Waals surface area contributed by atoms with Crippen LogP contribution in [0.5, 0.6) is 5.75 Å².